The molecule has 0 saturated heterocycles. The summed E-state index contributed by atoms with van der Waals surface area (Å²) < 4.78 is 0. The number of carbonyl (C=O) groups is 2. The van der Waals surface area contributed by atoms with Crippen molar-refractivity contribution in [3.05, 3.63) is 53.2 Å². The average Bonchev–Trinajstić information content (AvgIpc) is 2.46. The van der Waals surface area contributed by atoms with Gasteiger partial charge in [0, 0.05) is 6.54 Å². The van der Waals surface area contributed by atoms with E-state index in [1.807, 2.05) is 0 Å². The van der Waals surface area contributed by atoms with Crippen LogP contribution in [0.1, 0.15) is 26.4 Å². The molecule has 1 heterocycles. The topological polar surface area (TPSA) is 118 Å². The standard InChI is InChI=1S/C13H12N4O3/c14-12(18)10-4-5-11(17-16-10)15-7-8-2-1-3-9(6-8)13(19)20/h1-6H,7H2,(H2,14,18)(H,15,17)(H,19,20). The van der Waals surface area contributed by atoms with Gasteiger partial charge in [-0.3, -0.25) is 4.79 Å². The molecule has 1 aromatic heterocycles. The van der Waals surface area contributed by atoms with Gasteiger partial charge in [0.15, 0.2) is 5.69 Å². The quantitative estimate of drug-likeness (QED) is 0.743. The summed E-state index contributed by atoms with van der Waals surface area (Å²) in [7, 11) is 0. The Labute approximate surface area is 114 Å². The zero-order valence-electron chi connectivity index (χ0n) is 10.4. The number of nitrogens with two attached hydrogens (primary N) is 1. The number of aromatic nitrogens is 2. The number of anilines is 1. The van der Waals surface area contributed by atoms with Crippen LogP contribution in [0.15, 0.2) is 36.4 Å². The van der Waals surface area contributed by atoms with E-state index in [4.69, 9.17) is 10.8 Å². The Kier molecular flexibility index (Phi) is 3.90. The summed E-state index contributed by atoms with van der Waals surface area (Å²) >= 11 is 0. The molecule has 7 heteroatoms. The van der Waals surface area contributed by atoms with E-state index in [1.54, 1.807) is 24.3 Å². The van der Waals surface area contributed by atoms with Crippen molar-refractivity contribution in [1.29, 1.82) is 0 Å². The Morgan fingerprint density at radius 1 is 1.20 bits per heavy atom. The molecule has 0 unspecified atom stereocenters. The molecule has 0 aliphatic rings. The highest BCUT2D eigenvalue weighted by Gasteiger charge is 2.05. The van der Waals surface area contributed by atoms with Crippen LogP contribution in [-0.4, -0.2) is 27.2 Å². The van der Waals surface area contributed by atoms with E-state index in [0.717, 1.165) is 5.56 Å². The maximum Gasteiger partial charge on any atom is 0.335 e. The molecule has 0 radical (unpaired) electrons. The van der Waals surface area contributed by atoms with Crippen molar-refractivity contribution < 1.29 is 14.7 Å². The fraction of sp³-hybridized carbons (Fsp3) is 0.0769. The predicted molar refractivity (Wildman–Crippen MR) is 71.3 cm³/mol. The van der Waals surface area contributed by atoms with Crippen LogP contribution in [0.5, 0.6) is 0 Å². The van der Waals surface area contributed by atoms with Gasteiger partial charge in [0.05, 0.1) is 5.56 Å². The number of aromatic carboxylic acids is 1. The van der Waals surface area contributed by atoms with Crippen molar-refractivity contribution in [3.63, 3.8) is 0 Å². The second-order valence-corrected chi connectivity index (χ2v) is 4.03. The number of benzene rings is 1. The van der Waals surface area contributed by atoms with Gasteiger partial charge in [0.2, 0.25) is 0 Å². The molecule has 0 fully saturated rings. The number of nitrogens with zero attached hydrogens (tertiary/aromatic N) is 2. The lowest BCUT2D eigenvalue weighted by atomic mass is 10.1. The molecule has 2 rings (SSSR count). The van der Waals surface area contributed by atoms with E-state index in [2.05, 4.69) is 15.5 Å². The van der Waals surface area contributed by atoms with Crippen molar-refractivity contribution in [2.75, 3.05) is 5.32 Å². The summed E-state index contributed by atoms with van der Waals surface area (Å²) in [4.78, 5) is 21.7. The number of carboxylic acids is 1. The second kappa shape index (κ2) is 5.79. The molecule has 1 aromatic carbocycles. The van der Waals surface area contributed by atoms with Gasteiger partial charge < -0.3 is 16.2 Å². The summed E-state index contributed by atoms with van der Waals surface area (Å²) in [5.74, 6) is -1.15. The maximum absolute atomic E-state index is 10.8. The van der Waals surface area contributed by atoms with Gasteiger partial charge in [-0.2, -0.15) is 0 Å². The number of rotatable bonds is 5. The third-order valence-electron chi connectivity index (χ3n) is 2.56. The maximum atomic E-state index is 10.8. The van der Waals surface area contributed by atoms with Crippen LogP contribution in [0.3, 0.4) is 0 Å². The van der Waals surface area contributed by atoms with Crippen LogP contribution in [0.2, 0.25) is 0 Å². The third-order valence-corrected chi connectivity index (χ3v) is 2.56. The summed E-state index contributed by atoms with van der Waals surface area (Å²) in [6.07, 6.45) is 0. The number of carboxylic acid groups (broad SMARTS) is 1. The number of primary amides is 1. The minimum atomic E-state index is -0.975. The van der Waals surface area contributed by atoms with Gasteiger partial charge in [-0.1, -0.05) is 12.1 Å². The van der Waals surface area contributed by atoms with E-state index in [0.29, 0.717) is 12.4 Å². The molecule has 20 heavy (non-hydrogen) atoms. The molecule has 0 spiro atoms. The monoisotopic (exact) mass is 272 g/mol. The van der Waals surface area contributed by atoms with E-state index in [-0.39, 0.29) is 11.3 Å². The normalized spacial score (nSPS) is 10.0. The molecule has 0 atom stereocenters. The van der Waals surface area contributed by atoms with Crippen molar-refractivity contribution >= 4 is 17.7 Å². The minimum absolute atomic E-state index is 0.0865. The lowest BCUT2D eigenvalue weighted by Gasteiger charge is -2.06. The molecule has 0 aliphatic carbocycles. The van der Waals surface area contributed by atoms with Gasteiger partial charge in [-0.05, 0) is 29.8 Å². The predicted octanol–water partition coefficient (Wildman–Crippen LogP) is 0.886. The molecular formula is C13H12N4O3. The molecule has 0 bridgehead atoms. The summed E-state index contributed by atoms with van der Waals surface area (Å²) in [6, 6.07) is 9.60. The summed E-state index contributed by atoms with van der Waals surface area (Å²) in [6.45, 7) is 0.395. The third kappa shape index (κ3) is 3.29. The highest BCUT2D eigenvalue weighted by Crippen LogP contribution is 2.08. The highest BCUT2D eigenvalue weighted by molar-refractivity contribution is 5.90. The van der Waals surface area contributed by atoms with Crippen molar-refractivity contribution in [2.45, 2.75) is 6.54 Å². The van der Waals surface area contributed by atoms with Gasteiger partial charge in [0.25, 0.3) is 5.91 Å². The SMILES string of the molecule is NC(=O)c1ccc(NCc2cccc(C(=O)O)c2)nn1. The van der Waals surface area contributed by atoms with Crippen LogP contribution in [-0.2, 0) is 6.54 Å². The first-order valence-corrected chi connectivity index (χ1v) is 5.76. The summed E-state index contributed by atoms with van der Waals surface area (Å²) in [5.41, 5.74) is 6.16. The number of nitrogens with one attached hydrogen (secondary N) is 1. The van der Waals surface area contributed by atoms with E-state index >= 15 is 0 Å². The van der Waals surface area contributed by atoms with E-state index < -0.39 is 11.9 Å². The molecular weight excluding hydrogens is 260 g/mol. The first kappa shape index (κ1) is 13.5. The van der Waals surface area contributed by atoms with E-state index in [1.165, 1.54) is 12.1 Å². The van der Waals surface area contributed by atoms with Crippen molar-refractivity contribution in [1.82, 2.24) is 10.2 Å². The first-order chi connectivity index (χ1) is 9.56. The Morgan fingerprint density at radius 3 is 2.60 bits per heavy atom. The van der Waals surface area contributed by atoms with Crippen LogP contribution < -0.4 is 11.1 Å². The number of hydrogen-bond acceptors (Lipinski definition) is 5. The van der Waals surface area contributed by atoms with Gasteiger partial charge in [-0.15, -0.1) is 10.2 Å². The van der Waals surface area contributed by atoms with Crippen molar-refractivity contribution in [3.8, 4) is 0 Å². The Hall–Kier alpha value is -2.96. The lowest BCUT2D eigenvalue weighted by molar-refractivity contribution is 0.0696. The number of amides is 1. The minimum Gasteiger partial charge on any atom is -0.478 e. The average molecular weight is 272 g/mol. The zero-order chi connectivity index (χ0) is 14.5. The molecule has 0 aliphatic heterocycles. The van der Waals surface area contributed by atoms with Crippen molar-refractivity contribution in [2.24, 2.45) is 5.73 Å². The second-order valence-electron chi connectivity index (χ2n) is 4.03. The van der Waals surface area contributed by atoms with Crippen LogP contribution in [0.25, 0.3) is 0 Å². The molecule has 102 valence electrons. The van der Waals surface area contributed by atoms with E-state index in [9.17, 15) is 9.59 Å². The van der Waals surface area contributed by atoms with Gasteiger partial charge in [-0.25, -0.2) is 4.79 Å². The fourth-order valence-electron chi connectivity index (χ4n) is 1.56. The molecule has 7 nitrogen and oxygen atoms in total. The van der Waals surface area contributed by atoms with Crippen LogP contribution in [0, 0.1) is 0 Å². The zero-order valence-corrected chi connectivity index (χ0v) is 10.4. The van der Waals surface area contributed by atoms with Gasteiger partial charge in [0.1, 0.15) is 5.82 Å². The molecule has 1 amide bonds. The number of hydrogen-bond donors (Lipinski definition) is 3. The lowest BCUT2D eigenvalue weighted by Crippen LogP contribution is -2.14. The van der Waals surface area contributed by atoms with Crippen LogP contribution in [0.4, 0.5) is 5.82 Å². The molecule has 0 saturated carbocycles. The number of carbonyl (C=O) groups excluding carboxylic acids is 1. The Balaban J connectivity index is 2.03. The van der Waals surface area contributed by atoms with Gasteiger partial charge >= 0.3 is 5.97 Å². The molecule has 4 N–H and O–H groups in total. The largest absolute Gasteiger partial charge is 0.478 e. The van der Waals surface area contributed by atoms with Crippen LogP contribution >= 0.6 is 0 Å². The molecule has 2 aromatic rings. The Bertz CT molecular complexity index is 640. The fourth-order valence-corrected chi connectivity index (χ4v) is 1.56. The smallest absolute Gasteiger partial charge is 0.335 e. The first-order valence-electron chi connectivity index (χ1n) is 5.76. The Morgan fingerprint density at radius 2 is 2.00 bits per heavy atom. The summed E-state index contributed by atoms with van der Waals surface area (Å²) in [5, 5.41) is 19.3. The highest BCUT2D eigenvalue weighted by atomic mass is 16.4.